The lowest BCUT2D eigenvalue weighted by Crippen LogP contribution is -2.22. The normalized spacial score (nSPS) is 12.0. The van der Waals surface area contributed by atoms with Gasteiger partial charge in [0.25, 0.3) is 5.56 Å². The molecule has 0 N–H and O–H groups in total. The molecule has 3 aromatic carbocycles. The van der Waals surface area contributed by atoms with Crippen LogP contribution in [0.5, 0.6) is 11.5 Å². The summed E-state index contributed by atoms with van der Waals surface area (Å²) in [6.45, 7) is 5.31. The Kier molecular flexibility index (Phi) is 5.84. The van der Waals surface area contributed by atoms with Gasteiger partial charge in [0.1, 0.15) is 11.5 Å². The van der Waals surface area contributed by atoms with Crippen molar-refractivity contribution in [1.82, 2.24) is 9.38 Å². The van der Waals surface area contributed by atoms with Gasteiger partial charge in [-0.15, -0.1) is 0 Å². The van der Waals surface area contributed by atoms with Gasteiger partial charge in [0.15, 0.2) is 4.96 Å². The predicted molar refractivity (Wildman–Crippen MR) is 134 cm³/mol. The number of hydrogen-bond acceptors (Lipinski definition) is 5. The summed E-state index contributed by atoms with van der Waals surface area (Å²) in [5.74, 6) is 1.76. The molecule has 166 valence electrons. The average molecular weight is 457 g/mol. The number of benzene rings is 3. The van der Waals surface area contributed by atoms with Crippen molar-refractivity contribution in [2.75, 3.05) is 13.2 Å². The molecular weight excluding hydrogens is 432 g/mol. The highest BCUT2D eigenvalue weighted by Crippen LogP contribution is 2.22. The van der Waals surface area contributed by atoms with E-state index in [0.29, 0.717) is 17.7 Å². The van der Waals surface area contributed by atoms with E-state index in [1.54, 1.807) is 4.40 Å². The second kappa shape index (κ2) is 9.08. The van der Waals surface area contributed by atoms with Crippen molar-refractivity contribution in [3.8, 4) is 11.5 Å². The largest absolute Gasteiger partial charge is 0.493 e. The molecule has 0 radical (unpaired) electrons. The number of ether oxygens (including phenoxy) is 2. The van der Waals surface area contributed by atoms with Crippen molar-refractivity contribution < 1.29 is 9.47 Å². The second-order valence-corrected chi connectivity index (χ2v) is 8.98. The van der Waals surface area contributed by atoms with Gasteiger partial charge in [-0.25, -0.2) is 9.38 Å². The molecule has 0 spiro atoms. The molecule has 0 aliphatic carbocycles. The van der Waals surface area contributed by atoms with E-state index in [4.69, 9.17) is 9.47 Å². The quantitative estimate of drug-likeness (QED) is 0.326. The number of hydrogen-bond donors (Lipinski definition) is 0. The van der Waals surface area contributed by atoms with Crippen LogP contribution < -0.4 is 19.6 Å². The van der Waals surface area contributed by atoms with Gasteiger partial charge in [-0.3, -0.25) is 4.79 Å². The van der Waals surface area contributed by atoms with Crippen LogP contribution in [0.1, 0.15) is 23.1 Å². The third-order valence-electron chi connectivity index (χ3n) is 5.54. The van der Waals surface area contributed by atoms with Crippen molar-refractivity contribution in [3.63, 3.8) is 0 Å². The lowest BCUT2D eigenvalue weighted by atomic mass is 10.1. The lowest BCUT2D eigenvalue weighted by Gasteiger charge is -2.12. The Bertz CT molecular complexity index is 1510. The summed E-state index contributed by atoms with van der Waals surface area (Å²) in [6, 6.07) is 21.6. The molecule has 5 aromatic rings. The number of rotatable bonds is 7. The van der Waals surface area contributed by atoms with Gasteiger partial charge in [-0.05, 0) is 60.9 Å². The number of nitrogens with zero attached hydrogens (tertiary/aromatic N) is 2. The van der Waals surface area contributed by atoms with Crippen LogP contribution in [0.3, 0.4) is 0 Å². The number of fused-ring (bicyclic) bond motifs is 3. The first-order valence-electron chi connectivity index (χ1n) is 10.9. The summed E-state index contributed by atoms with van der Waals surface area (Å²) in [6.07, 6.45) is 2.70. The van der Waals surface area contributed by atoms with Crippen LogP contribution in [0.25, 0.3) is 22.1 Å². The van der Waals surface area contributed by atoms with Crippen LogP contribution >= 0.6 is 11.3 Å². The van der Waals surface area contributed by atoms with E-state index in [2.05, 4.69) is 31.0 Å². The molecule has 0 saturated heterocycles. The highest BCUT2D eigenvalue weighted by atomic mass is 32.1. The van der Waals surface area contributed by atoms with Gasteiger partial charge >= 0.3 is 0 Å². The van der Waals surface area contributed by atoms with Gasteiger partial charge in [0.2, 0.25) is 0 Å². The lowest BCUT2D eigenvalue weighted by molar-refractivity contribution is 0.246. The Hall–Kier alpha value is -3.64. The van der Waals surface area contributed by atoms with E-state index in [9.17, 15) is 4.79 Å². The Morgan fingerprint density at radius 2 is 1.64 bits per heavy atom. The zero-order valence-corrected chi connectivity index (χ0v) is 19.4. The van der Waals surface area contributed by atoms with Gasteiger partial charge in [-0.1, -0.05) is 53.8 Å². The first kappa shape index (κ1) is 21.2. The fraction of sp³-hybridized carbons (Fsp3) is 0.185. The van der Waals surface area contributed by atoms with Gasteiger partial charge in [0.05, 0.1) is 28.8 Å². The van der Waals surface area contributed by atoms with Gasteiger partial charge in [0, 0.05) is 6.42 Å². The maximum atomic E-state index is 12.9. The van der Waals surface area contributed by atoms with E-state index in [-0.39, 0.29) is 5.56 Å². The SMILES string of the molecule is Cc1cccc(C)c1OCCCOc1ccc(C=c2sc3nc4ccccc4n3c2=O)cc1. The van der Waals surface area contributed by atoms with E-state index in [0.717, 1.165) is 50.6 Å². The molecule has 0 saturated carbocycles. The molecule has 0 aliphatic rings. The Morgan fingerprint density at radius 1 is 0.909 bits per heavy atom. The van der Waals surface area contributed by atoms with Crippen molar-refractivity contribution in [3.05, 3.63) is 98.3 Å². The summed E-state index contributed by atoms with van der Waals surface area (Å²) in [5.41, 5.74) is 4.90. The van der Waals surface area contributed by atoms with Crippen molar-refractivity contribution >= 4 is 33.4 Å². The minimum atomic E-state index is -0.0343. The highest BCUT2D eigenvalue weighted by Gasteiger charge is 2.10. The Labute approximate surface area is 195 Å². The molecule has 0 unspecified atom stereocenters. The van der Waals surface area contributed by atoms with Crippen LogP contribution in [0, 0.1) is 13.8 Å². The molecule has 2 heterocycles. The predicted octanol–water partition coefficient (Wildman–Crippen LogP) is 4.92. The van der Waals surface area contributed by atoms with Crippen LogP contribution in [-0.2, 0) is 0 Å². The van der Waals surface area contributed by atoms with Gasteiger partial charge < -0.3 is 9.47 Å². The molecular formula is C27H24N2O3S. The summed E-state index contributed by atoms with van der Waals surface area (Å²) in [7, 11) is 0. The molecule has 5 nitrogen and oxygen atoms in total. The van der Waals surface area contributed by atoms with Gasteiger partial charge in [-0.2, -0.15) is 0 Å². The first-order valence-corrected chi connectivity index (χ1v) is 11.8. The maximum absolute atomic E-state index is 12.9. The van der Waals surface area contributed by atoms with Crippen LogP contribution in [0.15, 0.2) is 71.5 Å². The summed E-state index contributed by atoms with van der Waals surface area (Å²) < 4.78 is 14.1. The number of imidazole rings is 1. The van der Waals surface area contributed by atoms with E-state index < -0.39 is 0 Å². The number of para-hydroxylation sites is 3. The maximum Gasteiger partial charge on any atom is 0.274 e. The summed E-state index contributed by atoms with van der Waals surface area (Å²) in [4.78, 5) is 18.2. The average Bonchev–Trinajstić information content (AvgIpc) is 3.32. The molecule has 0 bridgehead atoms. The monoisotopic (exact) mass is 456 g/mol. The molecule has 5 rings (SSSR count). The molecule has 0 aliphatic heterocycles. The van der Waals surface area contributed by atoms with Crippen molar-refractivity contribution in [2.45, 2.75) is 20.3 Å². The fourth-order valence-electron chi connectivity index (χ4n) is 3.87. The minimum Gasteiger partial charge on any atom is -0.493 e. The molecule has 6 heteroatoms. The third-order valence-corrected chi connectivity index (χ3v) is 6.50. The standard InChI is InChI=1S/C27H24N2O3S/c1-18-7-5-8-19(2)25(18)32-16-6-15-31-21-13-11-20(12-14-21)17-24-26(30)29-23-10-4-3-9-22(23)28-27(29)33-24/h3-5,7-14,17H,6,15-16H2,1-2H3. The van der Waals surface area contributed by atoms with E-state index in [1.165, 1.54) is 11.3 Å². The first-order chi connectivity index (χ1) is 16.1. The van der Waals surface area contributed by atoms with E-state index in [1.807, 2.05) is 60.7 Å². The minimum absolute atomic E-state index is 0.0343. The van der Waals surface area contributed by atoms with Crippen molar-refractivity contribution in [1.29, 1.82) is 0 Å². The Morgan fingerprint density at radius 3 is 2.42 bits per heavy atom. The molecule has 0 fully saturated rings. The van der Waals surface area contributed by atoms with Crippen LogP contribution in [0.4, 0.5) is 0 Å². The smallest absolute Gasteiger partial charge is 0.274 e. The summed E-state index contributed by atoms with van der Waals surface area (Å²) in [5, 5.41) is 0. The zero-order valence-electron chi connectivity index (χ0n) is 18.6. The number of aryl methyl sites for hydroxylation is 2. The molecule has 0 atom stereocenters. The van der Waals surface area contributed by atoms with E-state index >= 15 is 0 Å². The fourth-order valence-corrected chi connectivity index (χ4v) is 4.86. The number of aromatic nitrogens is 2. The van der Waals surface area contributed by atoms with Crippen LogP contribution in [-0.4, -0.2) is 22.6 Å². The molecule has 2 aromatic heterocycles. The number of thiazole rings is 1. The van der Waals surface area contributed by atoms with Crippen molar-refractivity contribution in [2.24, 2.45) is 0 Å². The third kappa shape index (κ3) is 4.34. The molecule has 33 heavy (non-hydrogen) atoms. The Balaban J connectivity index is 1.21. The second-order valence-electron chi connectivity index (χ2n) is 7.97. The molecule has 0 amide bonds. The summed E-state index contributed by atoms with van der Waals surface area (Å²) >= 11 is 1.41. The zero-order chi connectivity index (χ0) is 22.8. The topological polar surface area (TPSA) is 52.8 Å². The van der Waals surface area contributed by atoms with Crippen LogP contribution in [0.2, 0.25) is 0 Å². The highest BCUT2D eigenvalue weighted by molar-refractivity contribution is 7.15.